The molecule has 102 valence electrons. The van der Waals surface area contributed by atoms with Crippen molar-refractivity contribution in [3.8, 4) is 0 Å². The molecule has 6 nitrogen and oxygen atoms in total. The van der Waals surface area contributed by atoms with Crippen LogP contribution in [0.15, 0.2) is 24.5 Å². The van der Waals surface area contributed by atoms with Crippen molar-refractivity contribution in [3.05, 3.63) is 24.5 Å². The van der Waals surface area contributed by atoms with Gasteiger partial charge in [0.25, 0.3) is 5.91 Å². The van der Waals surface area contributed by atoms with Gasteiger partial charge in [-0.2, -0.15) is 0 Å². The van der Waals surface area contributed by atoms with E-state index in [1.807, 2.05) is 12.1 Å². The van der Waals surface area contributed by atoms with Crippen molar-refractivity contribution in [2.75, 3.05) is 19.6 Å². The SMILES string of the molecule is NC(=O)CC1CC[N+](CC(N)=O)(c2ccncc2)C1. The van der Waals surface area contributed by atoms with E-state index in [4.69, 9.17) is 11.5 Å². The molecule has 0 aliphatic carbocycles. The van der Waals surface area contributed by atoms with E-state index in [1.54, 1.807) is 12.4 Å². The Morgan fingerprint density at radius 2 is 1.95 bits per heavy atom. The first-order valence-electron chi connectivity index (χ1n) is 6.35. The maximum Gasteiger partial charge on any atom is 0.273 e. The third-order valence-electron chi connectivity index (χ3n) is 3.73. The highest BCUT2D eigenvalue weighted by Gasteiger charge is 2.41. The fourth-order valence-corrected chi connectivity index (χ4v) is 2.99. The Hall–Kier alpha value is -1.95. The Bertz CT molecular complexity index is 477. The molecule has 1 aromatic rings. The second-order valence-electron chi connectivity index (χ2n) is 5.21. The number of hydrogen-bond acceptors (Lipinski definition) is 3. The van der Waals surface area contributed by atoms with Crippen LogP contribution in [0.3, 0.4) is 0 Å². The highest BCUT2D eigenvalue weighted by atomic mass is 16.1. The number of hydrogen-bond donors (Lipinski definition) is 2. The summed E-state index contributed by atoms with van der Waals surface area (Å²) in [5, 5.41) is 0. The fourth-order valence-electron chi connectivity index (χ4n) is 2.99. The monoisotopic (exact) mass is 263 g/mol. The average Bonchev–Trinajstić information content (AvgIpc) is 2.73. The maximum absolute atomic E-state index is 11.4. The summed E-state index contributed by atoms with van der Waals surface area (Å²) >= 11 is 0. The summed E-state index contributed by atoms with van der Waals surface area (Å²) in [5.74, 6) is -0.416. The van der Waals surface area contributed by atoms with E-state index in [9.17, 15) is 9.59 Å². The van der Waals surface area contributed by atoms with Gasteiger partial charge in [0, 0.05) is 43.3 Å². The van der Waals surface area contributed by atoms with E-state index in [2.05, 4.69) is 4.98 Å². The molecule has 2 rings (SSSR count). The first-order valence-corrected chi connectivity index (χ1v) is 6.35. The summed E-state index contributed by atoms with van der Waals surface area (Å²) in [6.45, 7) is 1.76. The summed E-state index contributed by atoms with van der Waals surface area (Å²) in [6, 6.07) is 3.80. The van der Waals surface area contributed by atoms with Crippen LogP contribution in [0.1, 0.15) is 12.8 Å². The van der Waals surface area contributed by atoms with E-state index >= 15 is 0 Å². The standard InChI is InChI=1S/C13H18N4O2/c14-12(18)7-10-3-6-17(8-10,9-13(15)19)11-1-4-16-5-2-11/h1-2,4-5,10H,3,6-9H2,(H3-,14,15,18,19)/p+1. The molecule has 0 aromatic carbocycles. The van der Waals surface area contributed by atoms with Crippen molar-refractivity contribution in [2.45, 2.75) is 12.8 Å². The number of carbonyl (C=O) groups is 2. The summed E-state index contributed by atoms with van der Waals surface area (Å²) < 4.78 is 0.496. The first-order chi connectivity index (χ1) is 9.02. The minimum Gasteiger partial charge on any atom is -0.370 e. The average molecular weight is 263 g/mol. The number of amides is 2. The second kappa shape index (κ2) is 5.36. The minimum atomic E-state index is -0.337. The van der Waals surface area contributed by atoms with Crippen LogP contribution in [0, 0.1) is 5.92 Å². The van der Waals surface area contributed by atoms with E-state index in [1.165, 1.54) is 0 Å². The Morgan fingerprint density at radius 1 is 1.26 bits per heavy atom. The molecule has 1 aromatic heterocycles. The van der Waals surface area contributed by atoms with Gasteiger partial charge in [0.1, 0.15) is 5.69 Å². The third-order valence-corrected chi connectivity index (χ3v) is 3.73. The zero-order valence-corrected chi connectivity index (χ0v) is 10.8. The lowest BCUT2D eigenvalue weighted by Gasteiger charge is -2.32. The number of quaternary nitrogens is 1. The van der Waals surface area contributed by atoms with Crippen LogP contribution in [0.2, 0.25) is 0 Å². The second-order valence-corrected chi connectivity index (χ2v) is 5.21. The van der Waals surface area contributed by atoms with Crippen molar-refractivity contribution in [3.63, 3.8) is 0 Å². The molecular weight excluding hydrogens is 244 g/mol. The molecule has 1 fully saturated rings. The van der Waals surface area contributed by atoms with Gasteiger partial charge in [-0.1, -0.05) is 0 Å². The van der Waals surface area contributed by atoms with Gasteiger partial charge in [0.2, 0.25) is 5.91 Å². The number of nitrogens with two attached hydrogens (primary N) is 2. The van der Waals surface area contributed by atoms with Gasteiger partial charge < -0.3 is 11.5 Å². The van der Waals surface area contributed by atoms with Crippen molar-refractivity contribution in [1.29, 1.82) is 0 Å². The molecule has 19 heavy (non-hydrogen) atoms. The quantitative estimate of drug-likeness (QED) is 0.718. The Labute approximate surface area is 112 Å². The molecule has 1 saturated heterocycles. The molecule has 6 heteroatoms. The van der Waals surface area contributed by atoms with Crippen LogP contribution in [0.25, 0.3) is 0 Å². The smallest absolute Gasteiger partial charge is 0.273 e. The van der Waals surface area contributed by atoms with Crippen LogP contribution in [0.5, 0.6) is 0 Å². The molecule has 0 saturated carbocycles. The summed E-state index contributed by atoms with van der Waals surface area (Å²) in [4.78, 5) is 26.4. The molecule has 0 bridgehead atoms. The molecule has 1 aliphatic rings. The lowest BCUT2D eigenvalue weighted by Crippen LogP contribution is -2.52. The highest BCUT2D eigenvalue weighted by Crippen LogP contribution is 2.32. The maximum atomic E-state index is 11.4. The predicted molar refractivity (Wildman–Crippen MR) is 71.7 cm³/mol. The molecule has 0 radical (unpaired) electrons. The Morgan fingerprint density at radius 3 is 2.53 bits per heavy atom. The number of rotatable bonds is 5. The van der Waals surface area contributed by atoms with Gasteiger partial charge in [-0.05, 0) is 0 Å². The van der Waals surface area contributed by atoms with Crippen LogP contribution in [-0.4, -0.2) is 36.4 Å². The van der Waals surface area contributed by atoms with Crippen molar-refractivity contribution in [1.82, 2.24) is 9.47 Å². The minimum absolute atomic E-state index is 0.213. The molecule has 1 aliphatic heterocycles. The number of primary amides is 2. The topological polar surface area (TPSA) is 99.1 Å². The van der Waals surface area contributed by atoms with E-state index in [0.29, 0.717) is 10.9 Å². The summed E-state index contributed by atoms with van der Waals surface area (Å²) in [6.07, 6.45) is 4.65. The van der Waals surface area contributed by atoms with Gasteiger partial charge in [-0.25, -0.2) is 0 Å². The van der Waals surface area contributed by atoms with Crippen LogP contribution in [-0.2, 0) is 9.59 Å². The lowest BCUT2D eigenvalue weighted by molar-refractivity contribution is -0.119. The van der Waals surface area contributed by atoms with Gasteiger partial charge in [0.15, 0.2) is 6.54 Å². The molecule has 2 unspecified atom stereocenters. The zero-order valence-electron chi connectivity index (χ0n) is 10.8. The van der Waals surface area contributed by atoms with E-state index in [-0.39, 0.29) is 24.3 Å². The van der Waals surface area contributed by atoms with Crippen molar-refractivity contribution < 1.29 is 9.59 Å². The van der Waals surface area contributed by atoms with Gasteiger partial charge in [0.05, 0.1) is 13.1 Å². The van der Waals surface area contributed by atoms with Gasteiger partial charge in [-0.15, -0.1) is 0 Å². The number of likely N-dealkylation sites (tertiary alicyclic amines) is 1. The van der Waals surface area contributed by atoms with Crippen molar-refractivity contribution >= 4 is 17.5 Å². The number of nitrogens with zero attached hydrogens (tertiary/aromatic N) is 2. The fraction of sp³-hybridized carbons (Fsp3) is 0.462. The summed E-state index contributed by atoms with van der Waals surface area (Å²) in [7, 11) is 0. The Balaban J connectivity index is 2.23. The number of pyridine rings is 1. The molecule has 2 heterocycles. The van der Waals surface area contributed by atoms with E-state index in [0.717, 1.165) is 25.2 Å². The molecule has 0 spiro atoms. The van der Waals surface area contributed by atoms with Crippen LogP contribution in [0.4, 0.5) is 5.69 Å². The van der Waals surface area contributed by atoms with Gasteiger partial charge in [-0.3, -0.25) is 19.1 Å². The lowest BCUT2D eigenvalue weighted by atomic mass is 10.0. The predicted octanol–water partition coefficient (Wildman–Crippen LogP) is -0.230. The summed E-state index contributed by atoms with van der Waals surface area (Å²) in [5.41, 5.74) is 11.6. The zero-order chi connectivity index (χ0) is 13.9. The van der Waals surface area contributed by atoms with Crippen LogP contribution >= 0.6 is 0 Å². The van der Waals surface area contributed by atoms with Crippen LogP contribution < -0.4 is 16.0 Å². The largest absolute Gasteiger partial charge is 0.370 e. The third kappa shape index (κ3) is 3.08. The number of carbonyl (C=O) groups excluding carboxylic acids is 2. The number of aromatic nitrogens is 1. The van der Waals surface area contributed by atoms with Crippen molar-refractivity contribution in [2.24, 2.45) is 17.4 Å². The van der Waals surface area contributed by atoms with E-state index < -0.39 is 0 Å². The first kappa shape index (κ1) is 13.5. The molecule has 2 amide bonds. The Kier molecular flexibility index (Phi) is 3.80. The normalized spacial score (nSPS) is 26.2. The highest BCUT2D eigenvalue weighted by molar-refractivity contribution is 5.78. The van der Waals surface area contributed by atoms with Gasteiger partial charge >= 0.3 is 0 Å². The molecular formula is C13H19N4O2+. The molecule has 4 N–H and O–H groups in total. The molecule has 2 atom stereocenters.